The Kier molecular flexibility index (Phi) is 35.3. The molecule has 2 N–H and O–H groups in total. The molecule has 0 fully saturated rings. The molecule has 0 rings (SSSR count). The average Bonchev–Trinajstić information content (AvgIpc) is 3.08. The van der Waals surface area contributed by atoms with Crippen LogP contribution in [-0.4, -0.2) is 41.0 Å². The van der Waals surface area contributed by atoms with Gasteiger partial charge in [-0.3, -0.25) is 14.1 Å². The van der Waals surface area contributed by atoms with Crippen LogP contribution >= 0.6 is 7.82 Å². The largest absolute Gasteiger partial charge is 0.469 e. The van der Waals surface area contributed by atoms with Gasteiger partial charge in [0.2, 0.25) is 0 Å². The van der Waals surface area contributed by atoms with Crippen LogP contribution in [0.25, 0.3) is 0 Å². The zero-order valence-corrected chi connectivity index (χ0v) is 32.7. The van der Waals surface area contributed by atoms with E-state index < -0.39 is 32.5 Å². The number of rotatable bonds is 36. The van der Waals surface area contributed by atoms with Crippen LogP contribution in [0, 0.1) is 0 Å². The third kappa shape index (κ3) is 38.8. The smallest absolute Gasteiger partial charge is 0.462 e. The predicted molar refractivity (Wildman–Crippen MR) is 207 cm³/mol. The molecule has 0 bridgehead atoms. The van der Waals surface area contributed by atoms with Gasteiger partial charge in [0.1, 0.15) is 6.61 Å². The Labute approximate surface area is 305 Å². The topological polar surface area (TPSA) is 119 Å². The Morgan fingerprint density at radius 1 is 0.520 bits per heavy atom. The molecule has 0 saturated heterocycles. The van der Waals surface area contributed by atoms with E-state index in [9.17, 15) is 14.2 Å². The molecule has 9 heteroatoms. The third-order valence-corrected chi connectivity index (χ3v) is 8.81. The average molecular weight is 725 g/mol. The van der Waals surface area contributed by atoms with Crippen molar-refractivity contribution < 1.29 is 37.9 Å². The first-order valence-electron chi connectivity index (χ1n) is 19.9. The predicted octanol–water partition coefficient (Wildman–Crippen LogP) is 12.0. The zero-order valence-electron chi connectivity index (χ0n) is 31.8. The molecule has 0 aromatic heterocycles. The van der Waals surface area contributed by atoms with E-state index in [0.29, 0.717) is 12.8 Å². The van der Waals surface area contributed by atoms with Crippen LogP contribution in [0.2, 0.25) is 0 Å². The molecule has 8 nitrogen and oxygen atoms in total. The summed E-state index contributed by atoms with van der Waals surface area (Å²) in [5.41, 5.74) is 0. The van der Waals surface area contributed by atoms with Crippen molar-refractivity contribution in [1.29, 1.82) is 0 Å². The van der Waals surface area contributed by atoms with Crippen LogP contribution in [-0.2, 0) is 28.2 Å². The summed E-state index contributed by atoms with van der Waals surface area (Å²) >= 11 is 0. The van der Waals surface area contributed by atoms with Gasteiger partial charge in [0.05, 0.1) is 6.61 Å². The summed E-state index contributed by atoms with van der Waals surface area (Å²) in [4.78, 5) is 42.7. The lowest BCUT2D eigenvalue weighted by Gasteiger charge is -2.18. The second-order valence-corrected chi connectivity index (χ2v) is 14.5. The van der Waals surface area contributed by atoms with Gasteiger partial charge in [-0.25, -0.2) is 4.57 Å². The van der Waals surface area contributed by atoms with Crippen molar-refractivity contribution in [3.63, 3.8) is 0 Å². The van der Waals surface area contributed by atoms with E-state index in [1.54, 1.807) is 0 Å². The van der Waals surface area contributed by atoms with Gasteiger partial charge in [0.15, 0.2) is 6.10 Å². The normalized spacial score (nSPS) is 13.0. The first kappa shape index (κ1) is 48.0. The monoisotopic (exact) mass is 725 g/mol. The summed E-state index contributed by atoms with van der Waals surface area (Å²) in [6.07, 6.45) is 44.1. The molecule has 0 saturated carbocycles. The number of phosphoric ester groups is 1. The highest BCUT2D eigenvalue weighted by Crippen LogP contribution is 2.36. The standard InChI is InChI=1S/C41H73O8P/c1-3-5-7-9-11-13-15-17-19-20-22-23-25-27-29-31-33-35-40(42)47-37-39(38-48-50(44,45)46)49-41(43)36-34-32-30-28-26-24-21-18-16-14-12-10-8-6-4-2/h12,14,18,21-23,27,29,39H,3-11,13,15-17,19-20,24-26,28,30-38H2,1-2H3,(H2,44,45,46)/b14-12+,21-18+,23-22+,29-27+/t39-/m1/s1. The number of carbonyl (C=O) groups excluding carboxylic acids is 2. The number of hydrogen-bond donors (Lipinski definition) is 2. The minimum absolute atomic E-state index is 0.186. The molecule has 0 spiro atoms. The fraction of sp³-hybridized carbons (Fsp3) is 0.756. The number of carbonyl (C=O) groups is 2. The number of phosphoric acid groups is 1. The van der Waals surface area contributed by atoms with Gasteiger partial charge in [-0.1, -0.05) is 146 Å². The number of allylic oxidation sites excluding steroid dienone is 8. The molecule has 0 aliphatic carbocycles. The molecule has 50 heavy (non-hydrogen) atoms. The van der Waals surface area contributed by atoms with E-state index in [0.717, 1.165) is 57.8 Å². The molecule has 0 amide bonds. The van der Waals surface area contributed by atoms with Gasteiger partial charge in [-0.15, -0.1) is 0 Å². The van der Waals surface area contributed by atoms with Crippen LogP contribution in [0.4, 0.5) is 0 Å². The highest BCUT2D eigenvalue weighted by Gasteiger charge is 2.22. The minimum Gasteiger partial charge on any atom is -0.462 e. The molecular weight excluding hydrogens is 651 g/mol. The summed E-state index contributed by atoms with van der Waals surface area (Å²) in [6, 6.07) is 0. The molecular formula is C41H73O8P. The van der Waals surface area contributed by atoms with Crippen molar-refractivity contribution in [3.8, 4) is 0 Å². The molecule has 0 aromatic carbocycles. The van der Waals surface area contributed by atoms with Crippen LogP contribution in [0.15, 0.2) is 48.6 Å². The van der Waals surface area contributed by atoms with E-state index in [-0.39, 0.29) is 19.4 Å². The number of esters is 2. The third-order valence-electron chi connectivity index (χ3n) is 8.32. The highest BCUT2D eigenvalue weighted by atomic mass is 31.2. The summed E-state index contributed by atoms with van der Waals surface area (Å²) in [7, 11) is -4.76. The second kappa shape index (κ2) is 36.8. The van der Waals surface area contributed by atoms with Crippen molar-refractivity contribution in [1.82, 2.24) is 0 Å². The van der Waals surface area contributed by atoms with Crippen LogP contribution in [0.1, 0.15) is 181 Å². The van der Waals surface area contributed by atoms with Crippen LogP contribution < -0.4 is 0 Å². The number of hydrogen-bond acceptors (Lipinski definition) is 6. The number of unbranched alkanes of at least 4 members (excludes halogenated alkanes) is 18. The zero-order chi connectivity index (χ0) is 36.8. The van der Waals surface area contributed by atoms with Crippen LogP contribution in [0.5, 0.6) is 0 Å². The van der Waals surface area contributed by atoms with E-state index in [2.05, 4.69) is 67.0 Å². The Morgan fingerprint density at radius 3 is 1.42 bits per heavy atom. The van der Waals surface area contributed by atoms with Crippen molar-refractivity contribution >= 4 is 19.8 Å². The molecule has 0 aromatic rings. The van der Waals surface area contributed by atoms with E-state index >= 15 is 0 Å². The maximum absolute atomic E-state index is 12.4. The van der Waals surface area contributed by atoms with Crippen molar-refractivity contribution in [2.75, 3.05) is 13.2 Å². The van der Waals surface area contributed by atoms with Gasteiger partial charge < -0.3 is 19.3 Å². The summed E-state index contributed by atoms with van der Waals surface area (Å²) in [5.74, 6) is -0.955. The van der Waals surface area contributed by atoms with Crippen molar-refractivity contribution in [2.45, 2.75) is 187 Å². The van der Waals surface area contributed by atoms with Gasteiger partial charge >= 0.3 is 19.8 Å². The lowest BCUT2D eigenvalue weighted by molar-refractivity contribution is -0.161. The highest BCUT2D eigenvalue weighted by molar-refractivity contribution is 7.46. The fourth-order valence-corrected chi connectivity index (χ4v) is 5.68. The van der Waals surface area contributed by atoms with Gasteiger partial charge in [0, 0.05) is 12.8 Å². The summed E-state index contributed by atoms with van der Waals surface area (Å²) in [6.45, 7) is 3.60. The van der Waals surface area contributed by atoms with Gasteiger partial charge in [0.25, 0.3) is 0 Å². The Morgan fingerprint density at radius 2 is 0.920 bits per heavy atom. The molecule has 290 valence electrons. The lowest BCUT2D eigenvalue weighted by atomic mass is 10.1. The molecule has 1 atom stereocenters. The molecule has 0 radical (unpaired) electrons. The van der Waals surface area contributed by atoms with Gasteiger partial charge in [-0.2, -0.15) is 0 Å². The molecule has 0 aliphatic rings. The quantitative estimate of drug-likeness (QED) is 0.0284. The van der Waals surface area contributed by atoms with Gasteiger partial charge in [-0.05, 0) is 70.6 Å². The lowest BCUT2D eigenvalue weighted by Crippen LogP contribution is -2.29. The second-order valence-electron chi connectivity index (χ2n) is 13.2. The minimum atomic E-state index is -4.76. The fourth-order valence-electron chi connectivity index (χ4n) is 5.32. The Hall–Kier alpha value is -1.99. The number of ether oxygens (including phenoxy) is 2. The first-order valence-corrected chi connectivity index (χ1v) is 21.5. The Bertz CT molecular complexity index is 952. The van der Waals surface area contributed by atoms with Crippen molar-refractivity contribution in [3.05, 3.63) is 48.6 Å². The summed E-state index contributed by atoms with van der Waals surface area (Å²) < 4.78 is 26.3. The SMILES string of the molecule is CCCCC/C=C/C/C=C/CCCCCCCC(=O)O[C@H](COC(=O)CCC/C=C/C/C=C/CCCCCCCCCCC)COP(=O)(O)O. The summed E-state index contributed by atoms with van der Waals surface area (Å²) in [5, 5.41) is 0. The maximum atomic E-state index is 12.4. The van der Waals surface area contributed by atoms with E-state index in [1.165, 1.54) is 83.5 Å². The molecule has 0 aliphatic heterocycles. The Balaban J connectivity index is 4.03. The maximum Gasteiger partial charge on any atom is 0.469 e. The van der Waals surface area contributed by atoms with E-state index in [4.69, 9.17) is 19.3 Å². The molecule has 0 unspecified atom stereocenters. The van der Waals surface area contributed by atoms with Crippen LogP contribution in [0.3, 0.4) is 0 Å². The molecule has 0 heterocycles. The van der Waals surface area contributed by atoms with Crippen molar-refractivity contribution in [2.24, 2.45) is 0 Å². The first-order chi connectivity index (χ1) is 24.3. The van der Waals surface area contributed by atoms with E-state index in [1.807, 2.05) is 0 Å².